The van der Waals surface area contributed by atoms with Crippen molar-refractivity contribution in [3.05, 3.63) is 35.4 Å². The number of guanidine groups is 1. The summed E-state index contributed by atoms with van der Waals surface area (Å²) in [5.74, 6) is 0.956. The van der Waals surface area contributed by atoms with Crippen LogP contribution >= 0.6 is 0 Å². The highest BCUT2D eigenvalue weighted by Gasteiger charge is 2.21. The largest absolute Gasteiger partial charge is 0.355 e. The molecule has 5 heteroatoms. The van der Waals surface area contributed by atoms with E-state index in [1.54, 1.807) is 0 Å². The topological polar surface area (TPSA) is 42.9 Å². The fourth-order valence-electron chi connectivity index (χ4n) is 4.53. The maximum Gasteiger partial charge on any atom is 0.191 e. The number of aliphatic imine (C=N–C) groups is 1. The van der Waals surface area contributed by atoms with E-state index in [0.717, 1.165) is 44.7 Å². The highest BCUT2D eigenvalue weighted by atomic mass is 15.2. The second kappa shape index (κ2) is 10.8. The summed E-state index contributed by atoms with van der Waals surface area (Å²) in [6, 6.07) is 10.0. The molecule has 0 spiro atoms. The van der Waals surface area contributed by atoms with Gasteiger partial charge < -0.3 is 15.5 Å². The molecule has 28 heavy (non-hydrogen) atoms. The second-order valence-corrected chi connectivity index (χ2v) is 8.54. The van der Waals surface area contributed by atoms with Crippen LogP contribution in [0, 0.1) is 6.92 Å². The molecule has 0 amide bonds. The number of benzene rings is 1. The molecule has 2 fully saturated rings. The molecular formula is C23H39N5. The van der Waals surface area contributed by atoms with Crippen molar-refractivity contribution in [3.63, 3.8) is 0 Å². The predicted octanol–water partition coefficient (Wildman–Crippen LogP) is 3.00. The van der Waals surface area contributed by atoms with Gasteiger partial charge in [0, 0.05) is 51.9 Å². The predicted molar refractivity (Wildman–Crippen MR) is 119 cm³/mol. The zero-order valence-corrected chi connectivity index (χ0v) is 18.1. The van der Waals surface area contributed by atoms with Crippen LogP contribution in [0.4, 0.5) is 0 Å². The maximum absolute atomic E-state index is 4.44. The summed E-state index contributed by atoms with van der Waals surface area (Å²) in [6.07, 6.45) is 7.88. The summed E-state index contributed by atoms with van der Waals surface area (Å²) in [4.78, 5) is 9.53. The monoisotopic (exact) mass is 385 g/mol. The average Bonchev–Trinajstić information content (AvgIpc) is 3.25. The number of hydrogen-bond donors (Lipinski definition) is 2. The molecule has 2 aliphatic rings. The summed E-state index contributed by atoms with van der Waals surface area (Å²) < 4.78 is 0. The number of hydrogen-bond acceptors (Lipinski definition) is 3. The number of rotatable bonds is 7. The second-order valence-electron chi connectivity index (χ2n) is 8.54. The van der Waals surface area contributed by atoms with Gasteiger partial charge in [0.2, 0.25) is 0 Å². The standard InChI is InChI=1S/C23H39N5/c1-19-8-4-5-9-20(19)18-28-15-12-21(13-16-28)26-23(24-2)25-14-17-27(3)22-10-6-7-11-22/h4-5,8-9,21-22H,6-7,10-18H2,1-3H3,(H2,24,25,26). The Kier molecular flexibility index (Phi) is 8.16. The number of nitrogens with one attached hydrogen (secondary N) is 2. The van der Waals surface area contributed by atoms with Gasteiger partial charge in [0.25, 0.3) is 0 Å². The fraction of sp³-hybridized carbons (Fsp3) is 0.696. The molecule has 0 bridgehead atoms. The van der Waals surface area contributed by atoms with Crippen molar-refractivity contribution in [2.45, 2.75) is 64.1 Å². The van der Waals surface area contributed by atoms with E-state index in [9.17, 15) is 0 Å². The van der Waals surface area contributed by atoms with Crippen molar-refractivity contribution in [1.29, 1.82) is 0 Å². The fourth-order valence-corrected chi connectivity index (χ4v) is 4.53. The van der Waals surface area contributed by atoms with Gasteiger partial charge in [-0.25, -0.2) is 0 Å². The van der Waals surface area contributed by atoms with Crippen molar-refractivity contribution >= 4 is 5.96 Å². The first-order valence-corrected chi connectivity index (χ1v) is 11.1. The van der Waals surface area contributed by atoms with E-state index in [-0.39, 0.29) is 0 Å². The Hall–Kier alpha value is -1.59. The van der Waals surface area contributed by atoms with Crippen molar-refractivity contribution in [1.82, 2.24) is 20.4 Å². The molecule has 0 atom stereocenters. The SMILES string of the molecule is CN=C(NCCN(C)C1CCCC1)NC1CCN(Cc2ccccc2C)CC1. The molecular weight excluding hydrogens is 346 g/mol. The van der Waals surface area contributed by atoms with Crippen molar-refractivity contribution < 1.29 is 0 Å². The average molecular weight is 386 g/mol. The molecule has 0 unspecified atom stereocenters. The Labute approximate surface area is 171 Å². The van der Waals surface area contributed by atoms with Crippen LogP contribution in [0.15, 0.2) is 29.3 Å². The molecule has 5 nitrogen and oxygen atoms in total. The van der Waals surface area contributed by atoms with Crippen molar-refractivity contribution in [2.75, 3.05) is 40.3 Å². The highest BCUT2D eigenvalue weighted by Crippen LogP contribution is 2.21. The van der Waals surface area contributed by atoms with E-state index in [2.05, 4.69) is 63.7 Å². The van der Waals surface area contributed by atoms with Crippen LogP contribution in [0.1, 0.15) is 49.7 Å². The Balaban J connectivity index is 1.35. The number of piperidine rings is 1. The van der Waals surface area contributed by atoms with E-state index in [0.29, 0.717) is 6.04 Å². The summed E-state index contributed by atoms with van der Waals surface area (Å²) >= 11 is 0. The van der Waals surface area contributed by atoms with Crippen molar-refractivity contribution in [3.8, 4) is 0 Å². The molecule has 1 saturated carbocycles. The molecule has 1 aliphatic heterocycles. The third-order valence-electron chi connectivity index (χ3n) is 6.51. The lowest BCUT2D eigenvalue weighted by Crippen LogP contribution is -2.49. The Morgan fingerprint density at radius 2 is 1.86 bits per heavy atom. The molecule has 1 aromatic rings. The minimum atomic E-state index is 0.520. The Bertz CT molecular complexity index is 615. The van der Waals surface area contributed by atoms with Gasteiger partial charge in [0.05, 0.1) is 0 Å². The van der Waals surface area contributed by atoms with Gasteiger partial charge in [-0.3, -0.25) is 9.89 Å². The van der Waals surface area contributed by atoms with E-state index < -0.39 is 0 Å². The van der Waals surface area contributed by atoms with E-state index in [1.807, 2.05) is 7.05 Å². The van der Waals surface area contributed by atoms with E-state index in [1.165, 1.54) is 49.7 Å². The quantitative estimate of drug-likeness (QED) is 0.559. The molecule has 3 rings (SSSR count). The molecule has 1 heterocycles. The molecule has 156 valence electrons. The number of nitrogens with zero attached hydrogens (tertiary/aromatic N) is 3. The number of likely N-dealkylation sites (N-methyl/N-ethyl adjacent to an activating group) is 1. The zero-order chi connectivity index (χ0) is 19.8. The normalized spacial score (nSPS) is 20.1. The van der Waals surface area contributed by atoms with Crippen LogP contribution in [0.5, 0.6) is 0 Å². The Morgan fingerprint density at radius 1 is 1.14 bits per heavy atom. The number of likely N-dealkylation sites (tertiary alicyclic amines) is 1. The smallest absolute Gasteiger partial charge is 0.191 e. The van der Waals surface area contributed by atoms with Crippen LogP contribution < -0.4 is 10.6 Å². The number of aryl methyl sites for hydroxylation is 1. The lowest BCUT2D eigenvalue weighted by atomic mass is 10.0. The van der Waals surface area contributed by atoms with Crippen LogP contribution in [-0.2, 0) is 6.54 Å². The summed E-state index contributed by atoms with van der Waals surface area (Å²) in [5.41, 5.74) is 2.85. The first kappa shape index (κ1) is 21.1. The molecule has 2 N–H and O–H groups in total. The van der Waals surface area contributed by atoms with Crippen LogP contribution in [0.2, 0.25) is 0 Å². The van der Waals surface area contributed by atoms with Crippen LogP contribution in [0.25, 0.3) is 0 Å². The van der Waals surface area contributed by atoms with Gasteiger partial charge in [0.15, 0.2) is 5.96 Å². The van der Waals surface area contributed by atoms with E-state index in [4.69, 9.17) is 0 Å². The van der Waals surface area contributed by atoms with Gasteiger partial charge >= 0.3 is 0 Å². The van der Waals surface area contributed by atoms with Crippen molar-refractivity contribution in [2.24, 2.45) is 4.99 Å². The molecule has 1 saturated heterocycles. The molecule has 0 radical (unpaired) electrons. The van der Waals surface area contributed by atoms with Crippen LogP contribution in [0.3, 0.4) is 0 Å². The maximum atomic E-state index is 4.44. The third-order valence-corrected chi connectivity index (χ3v) is 6.51. The first-order chi connectivity index (χ1) is 13.7. The lowest BCUT2D eigenvalue weighted by Gasteiger charge is -2.33. The molecule has 1 aromatic carbocycles. The minimum absolute atomic E-state index is 0.520. The van der Waals surface area contributed by atoms with Crippen LogP contribution in [-0.4, -0.2) is 68.1 Å². The summed E-state index contributed by atoms with van der Waals surface area (Å²) in [7, 11) is 4.14. The Morgan fingerprint density at radius 3 is 2.54 bits per heavy atom. The molecule has 1 aliphatic carbocycles. The minimum Gasteiger partial charge on any atom is -0.355 e. The summed E-state index contributed by atoms with van der Waals surface area (Å²) in [5, 5.41) is 7.15. The summed E-state index contributed by atoms with van der Waals surface area (Å²) in [6.45, 7) is 7.61. The van der Waals surface area contributed by atoms with Gasteiger partial charge in [-0.05, 0) is 50.8 Å². The lowest BCUT2D eigenvalue weighted by molar-refractivity contribution is 0.198. The van der Waals surface area contributed by atoms with Gasteiger partial charge in [0.1, 0.15) is 0 Å². The first-order valence-electron chi connectivity index (χ1n) is 11.1. The zero-order valence-electron chi connectivity index (χ0n) is 18.1. The van der Waals surface area contributed by atoms with Gasteiger partial charge in [-0.1, -0.05) is 37.1 Å². The third kappa shape index (κ3) is 6.21. The van der Waals surface area contributed by atoms with Gasteiger partial charge in [-0.15, -0.1) is 0 Å². The van der Waals surface area contributed by atoms with Gasteiger partial charge in [-0.2, -0.15) is 0 Å². The molecule has 0 aromatic heterocycles. The van der Waals surface area contributed by atoms with E-state index >= 15 is 0 Å². The highest BCUT2D eigenvalue weighted by molar-refractivity contribution is 5.79.